The zero-order chi connectivity index (χ0) is 23.5. The second-order valence-corrected chi connectivity index (χ2v) is 7.58. The van der Waals surface area contributed by atoms with E-state index in [1.165, 1.54) is 19.8 Å². The second-order valence-electron chi connectivity index (χ2n) is 7.58. The lowest BCUT2D eigenvalue weighted by Gasteiger charge is -2.13. The predicted molar refractivity (Wildman–Crippen MR) is 124 cm³/mol. The number of aryl methyl sites for hydroxylation is 2. The van der Waals surface area contributed by atoms with Gasteiger partial charge in [-0.25, -0.2) is 4.79 Å². The normalized spacial score (nSPS) is 13.5. The van der Waals surface area contributed by atoms with Crippen LogP contribution in [0.2, 0.25) is 0 Å². The van der Waals surface area contributed by atoms with Gasteiger partial charge in [0.05, 0.1) is 19.8 Å². The summed E-state index contributed by atoms with van der Waals surface area (Å²) in [6, 6.07) is 16.1. The van der Waals surface area contributed by atoms with Crippen LogP contribution < -0.4 is 18.9 Å². The fourth-order valence-electron chi connectivity index (χ4n) is 3.75. The van der Waals surface area contributed by atoms with Gasteiger partial charge in [0.1, 0.15) is 28.6 Å². The zero-order valence-corrected chi connectivity index (χ0v) is 18.9. The minimum Gasteiger partial charge on any atom is -0.496 e. The van der Waals surface area contributed by atoms with E-state index in [0.29, 0.717) is 28.4 Å². The summed E-state index contributed by atoms with van der Waals surface area (Å²) in [7, 11) is 2.93. The van der Waals surface area contributed by atoms with E-state index < -0.39 is 5.97 Å². The molecule has 0 amide bonds. The van der Waals surface area contributed by atoms with Gasteiger partial charge in [-0.05, 0) is 54.3 Å². The van der Waals surface area contributed by atoms with Crippen LogP contribution in [0.1, 0.15) is 44.3 Å². The van der Waals surface area contributed by atoms with Crippen molar-refractivity contribution in [2.45, 2.75) is 20.3 Å². The number of hydrogen-bond donors (Lipinski definition) is 0. The molecule has 0 atom stereocenters. The summed E-state index contributed by atoms with van der Waals surface area (Å²) in [5.41, 5.74) is 3.37. The van der Waals surface area contributed by atoms with E-state index >= 15 is 0 Å². The molecule has 0 aliphatic carbocycles. The molecule has 33 heavy (non-hydrogen) atoms. The van der Waals surface area contributed by atoms with Crippen molar-refractivity contribution < 1.29 is 28.5 Å². The van der Waals surface area contributed by atoms with Crippen LogP contribution >= 0.6 is 0 Å². The van der Waals surface area contributed by atoms with Gasteiger partial charge in [-0.1, -0.05) is 37.3 Å². The molecular weight excluding hydrogens is 420 g/mol. The quantitative estimate of drug-likeness (QED) is 0.288. The third-order valence-corrected chi connectivity index (χ3v) is 5.47. The summed E-state index contributed by atoms with van der Waals surface area (Å²) in [6.07, 6.45) is 2.66. The van der Waals surface area contributed by atoms with Crippen molar-refractivity contribution in [3.05, 3.63) is 88.2 Å². The van der Waals surface area contributed by atoms with E-state index in [4.69, 9.17) is 18.9 Å². The first-order valence-electron chi connectivity index (χ1n) is 10.6. The molecule has 6 heteroatoms. The Hall–Kier alpha value is -4.06. The first kappa shape index (κ1) is 22.1. The minimum atomic E-state index is -0.639. The molecule has 1 aliphatic heterocycles. The van der Waals surface area contributed by atoms with Gasteiger partial charge in [0.25, 0.3) is 0 Å². The molecule has 1 heterocycles. The number of ether oxygens (including phenoxy) is 4. The van der Waals surface area contributed by atoms with E-state index in [9.17, 15) is 9.59 Å². The Labute approximate surface area is 192 Å². The average molecular weight is 444 g/mol. The Kier molecular flexibility index (Phi) is 6.18. The Balaban J connectivity index is 1.62. The lowest BCUT2D eigenvalue weighted by atomic mass is 10.0. The van der Waals surface area contributed by atoms with Gasteiger partial charge in [-0.3, -0.25) is 4.79 Å². The summed E-state index contributed by atoms with van der Waals surface area (Å²) in [5.74, 6) is 0.668. The number of Topliss-reactive ketones (excluding diaryl/α,β-unsaturated/α-hetero) is 1. The maximum Gasteiger partial charge on any atom is 0.351 e. The van der Waals surface area contributed by atoms with Crippen LogP contribution in [0.4, 0.5) is 0 Å². The summed E-state index contributed by atoms with van der Waals surface area (Å²) < 4.78 is 22.0. The number of allylic oxidation sites excluding steroid dienone is 1. The zero-order valence-electron chi connectivity index (χ0n) is 18.9. The first-order valence-corrected chi connectivity index (χ1v) is 10.6. The highest BCUT2D eigenvalue weighted by Gasteiger charge is 2.31. The Morgan fingerprint density at radius 3 is 2.27 bits per heavy atom. The molecule has 0 spiro atoms. The molecule has 3 aromatic carbocycles. The summed E-state index contributed by atoms with van der Waals surface area (Å²) in [4.78, 5) is 25.8. The van der Waals surface area contributed by atoms with Crippen LogP contribution in [-0.4, -0.2) is 26.0 Å². The second kappa shape index (κ2) is 9.20. The molecule has 3 aromatic rings. The Bertz CT molecular complexity index is 1230. The lowest BCUT2D eigenvalue weighted by molar-refractivity contribution is 0.0727. The molecule has 0 N–H and O–H groups in total. The van der Waals surface area contributed by atoms with Crippen LogP contribution in [0.15, 0.2) is 60.4 Å². The van der Waals surface area contributed by atoms with Crippen LogP contribution in [0.5, 0.6) is 23.0 Å². The Morgan fingerprint density at radius 1 is 1.00 bits per heavy atom. The van der Waals surface area contributed by atoms with Crippen LogP contribution in [-0.2, 0) is 6.42 Å². The molecule has 4 rings (SSSR count). The lowest BCUT2D eigenvalue weighted by Crippen LogP contribution is -2.12. The number of hydrogen-bond acceptors (Lipinski definition) is 6. The molecule has 0 aromatic heterocycles. The number of methoxy groups -OCH3 is 2. The Morgan fingerprint density at radius 2 is 1.67 bits per heavy atom. The van der Waals surface area contributed by atoms with E-state index in [-0.39, 0.29) is 22.9 Å². The van der Waals surface area contributed by atoms with Crippen molar-refractivity contribution in [2.24, 2.45) is 0 Å². The third-order valence-electron chi connectivity index (χ3n) is 5.47. The number of rotatable bonds is 6. The standard InChI is InChI=1S/C27H24O6/c1-5-17-9-11-18(12-10-17)14-23-26(28)24-16(2)13-19(15-22(24)33-23)32-27(29)25-20(30-3)7-6-8-21(25)31-4/h6-15H,5H2,1-4H3/b23-14-. The summed E-state index contributed by atoms with van der Waals surface area (Å²) in [5, 5.41) is 0. The fourth-order valence-corrected chi connectivity index (χ4v) is 3.75. The van der Waals surface area contributed by atoms with Gasteiger partial charge in [0.15, 0.2) is 5.76 Å². The van der Waals surface area contributed by atoms with Crippen LogP contribution in [0, 0.1) is 6.92 Å². The highest BCUT2D eigenvalue weighted by molar-refractivity contribution is 6.15. The number of carbonyl (C=O) groups is 2. The average Bonchev–Trinajstić information content (AvgIpc) is 3.13. The van der Waals surface area contributed by atoms with Gasteiger partial charge in [0, 0.05) is 6.07 Å². The van der Waals surface area contributed by atoms with Gasteiger partial charge in [-0.2, -0.15) is 0 Å². The smallest absolute Gasteiger partial charge is 0.351 e. The van der Waals surface area contributed by atoms with E-state index in [1.54, 1.807) is 43.3 Å². The maximum atomic E-state index is 12.9. The molecule has 0 saturated heterocycles. The summed E-state index contributed by atoms with van der Waals surface area (Å²) in [6.45, 7) is 3.87. The van der Waals surface area contributed by atoms with Gasteiger partial charge in [0.2, 0.25) is 5.78 Å². The van der Waals surface area contributed by atoms with Crippen LogP contribution in [0.3, 0.4) is 0 Å². The third kappa shape index (κ3) is 4.32. The SMILES string of the molecule is CCc1ccc(/C=C2\Oc3cc(OC(=O)c4c(OC)cccc4OC)cc(C)c3C2=O)cc1. The van der Waals surface area contributed by atoms with Crippen molar-refractivity contribution in [1.82, 2.24) is 0 Å². The maximum absolute atomic E-state index is 12.9. The van der Waals surface area contributed by atoms with Gasteiger partial charge in [-0.15, -0.1) is 0 Å². The van der Waals surface area contributed by atoms with Crippen molar-refractivity contribution in [3.63, 3.8) is 0 Å². The van der Waals surface area contributed by atoms with Crippen molar-refractivity contribution in [1.29, 1.82) is 0 Å². The number of benzene rings is 3. The molecule has 1 aliphatic rings. The van der Waals surface area contributed by atoms with Crippen molar-refractivity contribution >= 4 is 17.8 Å². The highest BCUT2D eigenvalue weighted by atomic mass is 16.5. The van der Waals surface area contributed by atoms with Gasteiger partial charge >= 0.3 is 5.97 Å². The predicted octanol–water partition coefficient (Wildman–Crippen LogP) is 5.41. The monoisotopic (exact) mass is 444 g/mol. The highest BCUT2D eigenvalue weighted by Crippen LogP contribution is 2.38. The molecule has 0 saturated carbocycles. The van der Waals surface area contributed by atoms with E-state index in [0.717, 1.165) is 12.0 Å². The number of carbonyl (C=O) groups excluding carboxylic acids is 2. The molecule has 0 bridgehead atoms. The van der Waals surface area contributed by atoms with Crippen molar-refractivity contribution in [2.75, 3.05) is 14.2 Å². The molecule has 168 valence electrons. The minimum absolute atomic E-state index is 0.175. The topological polar surface area (TPSA) is 71.1 Å². The number of fused-ring (bicyclic) bond motifs is 1. The van der Waals surface area contributed by atoms with Crippen LogP contribution in [0.25, 0.3) is 6.08 Å². The number of esters is 1. The molecular formula is C27H24O6. The largest absolute Gasteiger partial charge is 0.496 e. The first-order chi connectivity index (χ1) is 15.9. The van der Waals surface area contributed by atoms with Gasteiger partial charge < -0.3 is 18.9 Å². The number of ketones is 1. The molecule has 0 radical (unpaired) electrons. The fraction of sp³-hybridized carbons (Fsp3) is 0.185. The molecule has 0 unspecified atom stereocenters. The van der Waals surface area contributed by atoms with E-state index in [2.05, 4.69) is 6.92 Å². The molecule has 6 nitrogen and oxygen atoms in total. The van der Waals surface area contributed by atoms with Crippen molar-refractivity contribution in [3.8, 4) is 23.0 Å². The molecule has 0 fully saturated rings. The summed E-state index contributed by atoms with van der Waals surface area (Å²) >= 11 is 0. The van der Waals surface area contributed by atoms with E-state index in [1.807, 2.05) is 24.3 Å².